The molecule has 1 aliphatic heterocycles. The van der Waals surface area contributed by atoms with Gasteiger partial charge in [-0.1, -0.05) is 30.3 Å². The lowest BCUT2D eigenvalue weighted by Crippen LogP contribution is -2.39. The SMILES string of the molecule is CN1CCN(c2ccc3ccccc3c2)c2ccc(-n3cccn3)cc2C1.O=C(O)[C@H](O)[C@@H](O)C(=O)O. The lowest BCUT2D eigenvalue weighted by Gasteiger charge is -2.25. The molecule has 0 aliphatic carbocycles. The molecule has 2 atom stereocenters. The van der Waals surface area contributed by atoms with E-state index < -0.39 is 24.1 Å². The lowest BCUT2D eigenvalue weighted by molar-refractivity contribution is -0.165. The Kier molecular flexibility index (Phi) is 7.83. The number of aliphatic carboxylic acids is 2. The van der Waals surface area contributed by atoms with E-state index in [0.717, 1.165) is 25.3 Å². The van der Waals surface area contributed by atoms with Crippen molar-refractivity contribution in [2.75, 3.05) is 25.0 Å². The predicted molar refractivity (Wildman–Crippen MR) is 138 cm³/mol. The Morgan fingerprint density at radius 3 is 2.16 bits per heavy atom. The number of anilines is 2. The van der Waals surface area contributed by atoms with Crippen molar-refractivity contribution >= 4 is 34.1 Å². The van der Waals surface area contributed by atoms with E-state index in [4.69, 9.17) is 20.4 Å². The van der Waals surface area contributed by atoms with E-state index >= 15 is 0 Å². The van der Waals surface area contributed by atoms with Gasteiger partial charge in [0.25, 0.3) is 0 Å². The number of hydrogen-bond donors (Lipinski definition) is 4. The number of hydrogen-bond acceptors (Lipinski definition) is 7. The van der Waals surface area contributed by atoms with Crippen molar-refractivity contribution in [2.24, 2.45) is 0 Å². The highest BCUT2D eigenvalue weighted by molar-refractivity contribution is 5.87. The second-order valence-corrected chi connectivity index (χ2v) is 8.75. The summed E-state index contributed by atoms with van der Waals surface area (Å²) in [6.45, 7) is 2.94. The number of carbonyl (C=O) groups is 2. The third-order valence-electron chi connectivity index (χ3n) is 6.12. The molecule has 4 aromatic rings. The molecule has 5 rings (SSSR count). The van der Waals surface area contributed by atoms with Crippen molar-refractivity contribution in [3.63, 3.8) is 0 Å². The number of carboxylic acid groups (broad SMARTS) is 2. The molecule has 37 heavy (non-hydrogen) atoms. The molecule has 0 unspecified atom stereocenters. The van der Waals surface area contributed by atoms with Crippen LogP contribution in [0.15, 0.2) is 79.1 Å². The second kappa shape index (κ2) is 11.2. The van der Waals surface area contributed by atoms with Crippen LogP contribution in [0.1, 0.15) is 5.56 Å². The summed E-state index contributed by atoms with van der Waals surface area (Å²) in [6, 6.07) is 23.9. The zero-order valence-corrected chi connectivity index (χ0v) is 20.2. The van der Waals surface area contributed by atoms with Crippen LogP contribution in [0.3, 0.4) is 0 Å². The Morgan fingerprint density at radius 1 is 0.838 bits per heavy atom. The molecule has 0 fully saturated rings. The molecule has 0 amide bonds. The minimum Gasteiger partial charge on any atom is -0.479 e. The van der Waals surface area contributed by atoms with Crippen molar-refractivity contribution < 1.29 is 30.0 Å². The van der Waals surface area contributed by atoms with E-state index in [1.165, 1.54) is 27.7 Å². The highest BCUT2D eigenvalue weighted by Crippen LogP contribution is 2.34. The average molecular weight is 505 g/mol. The molecule has 2 heterocycles. The maximum atomic E-state index is 9.77. The molecule has 192 valence electrons. The largest absolute Gasteiger partial charge is 0.479 e. The van der Waals surface area contributed by atoms with Crippen LogP contribution in [0, 0.1) is 0 Å². The van der Waals surface area contributed by atoms with Crippen molar-refractivity contribution in [2.45, 2.75) is 18.8 Å². The van der Waals surface area contributed by atoms with Crippen LogP contribution >= 0.6 is 0 Å². The predicted octanol–water partition coefficient (Wildman–Crippen LogP) is 2.49. The van der Waals surface area contributed by atoms with Gasteiger partial charge >= 0.3 is 11.9 Å². The number of nitrogens with zero attached hydrogens (tertiary/aromatic N) is 4. The fourth-order valence-corrected chi connectivity index (χ4v) is 4.17. The van der Waals surface area contributed by atoms with Crippen molar-refractivity contribution in [1.29, 1.82) is 0 Å². The van der Waals surface area contributed by atoms with Gasteiger partial charge < -0.3 is 30.2 Å². The van der Waals surface area contributed by atoms with Crippen LogP contribution in [0.2, 0.25) is 0 Å². The summed E-state index contributed by atoms with van der Waals surface area (Å²) in [4.78, 5) is 24.4. The quantitative estimate of drug-likeness (QED) is 0.323. The van der Waals surface area contributed by atoms with Crippen LogP contribution in [0.4, 0.5) is 11.4 Å². The zero-order chi connectivity index (χ0) is 26.5. The van der Waals surface area contributed by atoms with Gasteiger partial charge in [0.05, 0.1) is 5.69 Å². The molecule has 1 aromatic heterocycles. The van der Waals surface area contributed by atoms with Crippen molar-refractivity contribution in [3.8, 4) is 5.69 Å². The number of aliphatic hydroxyl groups excluding tert-OH is 2. The number of carboxylic acids is 2. The smallest absolute Gasteiger partial charge is 0.335 e. The Hall–Kier alpha value is -4.25. The van der Waals surface area contributed by atoms with E-state index in [1.807, 2.05) is 23.1 Å². The molecule has 0 radical (unpaired) electrons. The van der Waals surface area contributed by atoms with Gasteiger partial charge in [-0.15, -0.1) is 0 Å². The number of likely N-dealkylation sites (N-methyl/N-ethyl adjacent to an activating group) is 1. The highest BCUT2D eigenvalue weighted by atomic mass is 16.4. The van der Waals surface area contributed by atoms with Crippen LogP contribution in [0.25, 0.3) is 16.5 Å². The van der Waals surface area contributed by atoms with E-state index in [9.17, 15) is 9.59 Å². The van der Waals surface area contributed by atoms with Crippen molar-refractivity contribution in [3.05, 3.63) is 84.7 Å². The maximum Gasteiger partial charge on any atom is 0.335 e. The van der Waals surface area contributed by atoms with Gasteiger partial charge in [-0.3, -0.25) is 0 Å². The normalized spacial score (nSPS) is 15.2. The molecular weight excluding hydrogens is 476 g/mol. The molecule has 0 spiro atoms. The summed E-state index contributed by atoms with van der Waals surface area (Å²) in [5, 5.41) is 39.5. The van der Waals surface area contributed by atoms with Crippen LogP contribution in [-0.4, -0.2) is 79.4 Å². The average Bonchev–Trinajstić information content (AvgIpc) is 3.38. The Labute approximate surface area is 213 Å². The monoisotopic (exact) mass is 504 g/mol. The summed E-state index contributed by atoms with van der Waals surface area (Å²) in [5.74, 6) is -3.54. The lowest BCUT2D eigenvalue weighted by atomic mass is 10.1. The Morgan fingerprint density at radius 2 is 1.51 bits per heavy atom. The number of aromatic nitrogens is 2. The van der Waals surface area contributed by atoms with Gasteiger partial charge in [0.1, 0.15) is 0 Å². The third kappa shape index (κ3) is 5.95. The summed E-state index contributed by atoms with van der Waals surface area (Å²) in [6.07, 6.45) is -0.724. The fraction of sp³-hybridized carbons (Fsp3) is 0.222. The molecule has 10 nitrogen and oxygen atoms in total. The number of fused-ring (bicyclic) bond motifs is 2. The molecule has 0 bridgehead atoms. The van der Waals surface area contributed by atoms with E-state index in [1.54, 1.807) is 0 Å². The first kappa shape index (κ1) is 25.8. The standard InChI is InChI=1S/C23H22N4.C4H6O6/c1-25-13-14-26(21-8-7-18-5-2-3-6-19(18)15-21)23-10-9-22(16-20(23)17-25)27-12-4-11-24-27;5-1(3(7)8)2(6)4(9)10/h2-12,15-16H,13-14,17H2,1H3;1-2,5-6H,(H,7,8)(H,9,10)/t;1-,2-/m.1/s1. The second-order valence-electron chi connectivity index (χ2n) is 8.75. The number of benzene rings is 3. The van der Waals surface area contributed by atoms with Crippen molar-refractivity contribution in [1.82, 2.24) is 14.7 Å². The number of rotatable bonds is 5. The van der Waals surface area contributed by atoms with Gasteiger partial charge in [0.15, 0.2) is 12.2 Å². The fourth-order valence-electron chi connectivity index (χ4n) is 4.17. The van der Waals surface area contributed by atoms with Gasteiger partial charge in [0, 0.05) is 43.4 Å². The number of aliphatic hydroxyl groups is 2. The van der Waals surface area contributed by atoms with E-state index in [2.05, 4.69) is 82.6 Å². The molecule has 0 saturated carbocycles. The minimum absolute atomic E-state index is 0.939. The molecule has 4 N–H and O–H groups in total. The maximum absolute atomic E-state index is 9.77. The summed E-state index contributed by atoms with van der Waals surface area (Å²) < 4.78 is 1.92. The van der Waals surface area contributed by atoms with Crippen LogP contribution < -0.4 is 4.90 Å². The molecule has 10 heteroatoms. The van der Waals surface area contributed by atoms with Gasteiger partial charge in [-0.05, 0) is 59.8 Å². The summed E-state index contributed by atoms with van der Waals surface area (Å²) in [5.41, 5.74) is 4.96. The first-order valence-electron chi connectivity index (χ1n) is 11.6. The zero-order valence-electron chi connectivity index (χ0n) is 20.2. The first-order valence-corrected chi connectivity index (χ1v) is 11.6. The minimum atomic E-state index is -2.27. The molecule has 1 aliphatic rings. The van der Waals surface area contributed by atoms with Gasteiger partial charge in [-0.25, -0.2) is 14.3 Å². The topological polar surface area (TPSA) is 139 Å². The van der Waals surface area contributed by atoms with Crippen LogP contribution in [0.5, 0.6) is 0 Å². The summed E-state index contributed by atoms with van der Waals surface area (Å²) >= 11 is 0. The Bertz CT molecular complexity index is 1370. The van der Waals surface area contributed by atoms with E-state index in [-0.39, 0.29) is 0 Å². The molecular formula is C27H28N4O6. The van der Waals surface area contributed by atoms with E-state index in [0.29, 0.717) is 0 Å². The highest BCUT2D eigenvalue weighted by Gasteiger charge is 2.29. The van der Waals surface area contributed by atoms with Crippen LogP contribution in [-0.2, 0) is 16.1 Å². The van der Waals surface area contributed by atoms with Gasteiger partial charge in [0.2, 0.25) is 0 Å². The molecule has 3 aromatic carbocycles. The Balaban J connectivity index is 0.000000275. The van der Waals surface area contributed by atoms with Gasteiger partial charge in [-0.2, -0.15) is 5.10 Å². The summed E-state index contributed by atoms with van der Waals surface area (Å²) in [7, 11) is 2.19. The molecule has 0 saturated heterocycles. The first-order chi connectivity index (χ1) is 17.7. The third-order valence-corrected chi connectivity index (χ3v) is 6.12.